The van der Waals surface area contributed by atoms with Crippen LogP contribution in [-0.4, -0.2) is 43.0 Å². The maximum atomic E-state index is 12.0. The number of nitrogens with one attached hydrogen (secondary N) is 1. The number of ether oxygens (including phenoxy) is 1. The van der Waals surface area contributed by atoms with Gasteiger partial charge in [0.25, 0.3) is 0 Å². The normalized spacial score (nSPS) is 16.9. The van der Waals surface area contributed by atoms with E-state index in [0.29, 0.717) is 31.0 Å². The van der Waals surface area contributed by atoms with Gasteiger partial charge in [-0.15, -0.1) is 0 Å². The van der Waals surface area contributed by atoms with Crippen molar-refractivity contribution in [1.82, 2.24) is 19.7 Å². The molecule has 5 aromatic rings. The molecule has 1 aliphatic rings. The highest BCUT2D eigenvalue weighted by atomic mass is 16.5. The quantitative estimate of drug-likeness (QED) is 0.246. The molecular weight excluding hydrogens is 502 g/mol. The van der Waals surface area contributed by atoms with E-state index in [2.05, 4.69) is 22.4 Å². The molecule has 3 heterocycles. The van der Waals surface area contributed by atoms with Crippen molar-refractivity contribution in [1.29, 1.82) is 0 Å². The molecule has 8 heteroatoms. The number of esters is 1. The van der Waals surface area contributed by atoms with Crippen LogP contribution in [0.2, 0.25) is 0 Å². The van der Waals surface area contributed by atoms with Gasteiger partial charge in [-0.05, 0) is 25.0 Å². The lowest BCUT2D eigenvalue weighted by atomic mass is 9.94. The van der Waals surface area contributed by atoms with Crippen LogP contribution in [0.5, 0.6) is 0 Å². The number of hydrogen-bond acceptors (Lipinski definition) is 7. The summed E-state index contributed by atoms with van der Waals surface area (Å²) in [5.41, 5.74) is 5.61. The largest absolute Gasteiger partial charge is 0.462 e. The molecule has 6 rings (SSSR count). The first kappa shape index (κ1) is 25.5. The van der Waals surface area contributed by atoms with Gasteiger partial charge in [-0.1, -0.05) is 78.9 Å². The SMILES string of the molecule is O=C1CC(O)CC(CCc2c(-c3ccccc3)nn(-c3ccnc(Nc4ccccc4)n3)c2-c2ccccc2)O1. The second-order valence-corrected chi connectivity index (χ2v) is 9.79. The molecule has 0 bridgehead atoms. The molecule has 2 unspecified atom stereocenters. The smallest absolute Gasteiger partial charge is 0.308 e. The molecule has 1 saturated heterocycles. The van der Waals surface area contributed by atoms with Crippen molar-refractivity contribution in [2.75, 3.05) is 5.32 Å². The monoisotopic (exact) mass is 531 g/mol. The second kappa shape index (κ2) is 11.5. The summed E-state index contributed by atoms with van der Waals surface area (Å²) in [5.74, 6) is 0.727. The molecule has 1 fully saturated rings. The van der Waals surface area contributed by atoms with Crippen LogP contribution in [-0.2, 0) is 16.0 Å². The van der Waals surface area contributed by atoms with Crippen molar-refractivity contribution in [3.8, 4) is 28.3 Å². The molecule has 0 aliphatic carbocycles. The molecule has 40 heavy (non-hydrogen) atoms. The number of aliphatic hydroxyl groups excluding tert-OH is 1. The van der Waals surface area contributed by atoms with E-state index in [4.69, 9.17) is 14.8 Å². The number of anilines is 2. The molecule has 200 valence electrons. The Morgan fingerprint density at radius 1 is 0.900 bits per heavy atom. The van der Waals surface area contributed by atoms with Gasteiger partial charge in [0.1, 0.15) is 6.10 Å². The Labute approximate surface area is 232 Å². The Balaban J connectivity index is 1.45. The van der Waals surface area contributed by atoms with E-state index in [-0.39, 0.29) is 18.5 Å². The van der Waals surface area contributed by atoms with Crippen molar-refractivity contribution in [3.05, 3.63) is 109 Å². The lowest BCUT2D eigenvalue weighted by Gasteiger charge is -2.26. The number of carbonyl (C=O) groups excluding carboxylic acids is 1. The molecular formula is C32H29N5O3. The summed E-state index contributed by atoms with van der Waals surface area (Å²) >= 11 is 0. The fourth-order valence-corrected chi connectivity index (χ4v) is 5.09. The van der Waals surface area contributed by atoms with Gasteiger partial charge in [-0.2, -0.15) is 10.1 Å². The molecule has 0 amide bonds. The number of rotatable bonds is 8. The third-order valence-electron chi connectivity index (χ3n) is 6.92. The summed E-state index contributed by atoms with van der Waals surface area (Å²) in [6.07, 6.45) is 2.33. The van der Waals surface area contributed by atoms with Gasteiger partial charge < -0.3 is 15.2 Å². The summed E-state index contributed by atoms with van der Waals surface area (Å²) in [6, 6.07) is 31.8. The highest BCUT2D eigenvalue weighted by molar-refractivity contribution is 5.76. The second-order valence-electron chi connectivity index (χ2n) is 9.79. The molecule has 2 atom stereocenters. The minimum Gasteiger partial charge on any atom is -0.462 e. The Morgan fingerprint density at radius 3 is 2.27 bits per heavy atom. The molecule has 0 radical (unpaired) electrons. The van der Waals surface area contributed by atoms with Crippen LogP contribution < -0.4 is 5.32 Å². The predicted octanol–water partition coefficient (Wildman–Crippen LogP) is 5.74. The number of para-hydroxylation sites is 1. The Morgan fingerprint density at radius 2 is 1.57 bits per heavy atom. The first-order valence-corrected chi connectivity index (χ1v) is 13.4. The van der Waals surface area contributed by atoms with Gasteiger partial charge in [-0.3, -0.25) is 4.79 Å². The standard InChI is InChI=1S/C32H29N5O3/c38-25-20-26(40-29(39)21-25)16-17-27-30(22-10-4-1-5-11-22)36-37(31(27)23-12-6-2-7-13-23)28-18-19-33-32(35-28)34-24-14-8-3-9-15-24/h1-15,18-19,25-26,38H,16-17,20-21H2,(H,33,34,35). The average molecular weight is 532 g/mol. The van der Waals surface area contributed by atoms with E-state index in [0.717, 1.165) is 33.8 Å². The highest BCUT2D eigenvalue weighted by Crippen LogP contribution is 2.36. The van der Waals surface area contributed by atoms with Crippen LogP contribution in [0, 0.1) is 0 Å². The van der Waals surface area contributed by atoms with Crippen LogP contribution in [0.1, 0.15) is 24.8 Å². The van der Waals surface area contributed by atoms with E-state index in [9.17, 15) is 9.90 Å². The third-order valence-corrected chi connectivity index (χ3v) is 6.92. The first-order valence-electron chi connectivity index (χ1n) is 13.4. The summed E-state index contributed by atoms with van der Waals surface area (Å²) < 4.78 is 7.45. The summed E-state index contributed by atoms with van der Waals surface area (Å²) in [4.78, 5) is 21.2. The topological polar surface area (TPSA) is 102 Å². The lowest BCUT2D eigenvalue weighted by molar-refractivity contribution is -0.160. The first-order chi connectivity index (χ1) is 19.6. The molecule has 2 N–H and O–H groups in total. The zero-order valence-electron chi connectivity index (χ0n) is 21.9. The summed E-state index contributed by atoms with van der Waals surface area (Å²) in [7, 11) is 0. The number of aromatic nitrogens is 4. The van der Waals surface area contributed by atoms with E-state index in [1.165, 1.54) is 0 Å². The van der Waals surface area contributed by atoms with Crippen LogP contribution in [0.25, 0.3) is 28.3 Å². The Bertz CT molecular complexity index is 1590. The number of hydrogen-bond donors (Lipinski definition) is 2. The molecule has 3 aromatic carbocycles. The zero-order chi connectivity index (χ0) is 27.3. The van der Waals surface area contributed by atoms with E-state index >= 15 is 0 Å². The van der Waals surface area contributed by atoms with E-state index in [1.807, 2.05) is 89.6 Å². The summed E-state index contributed by atoms with van der Waals surface area (Å²) in [5, 5.41) is 18.5. The van der Waals surface area contributed by atoms with Crippen LogP contribution in [0.4, 0.5) is 11.6 Å². The fourth-order valence-electron chi connectivity index (χ4n) is 5.09. The van der Waals surface area contributed by atoms with Crippen molar-refractivity contribution >= 4 is 17.6 Å². The lowest BCUT2D eigenvalue weighted by Crippen LogP contribution is -2.32. The third kappa shape index (κ3) is 5.62. The molecule has 1 aliphatic heterocycles. The van der Waals surface area contributed by atoms with Gasteiger partial charge >= 0.3 is 5.97 Å². The molecule has 0 saturated carbocycles. The van der Waals surface area contributed by atoms with Crippen molar-refractivity contribution < 1.29 is 14.6 Å². The zero-order valence-corrected chi connectivity index (χ0v) is 21.9. The number of aliphatic hydroxyl groups is 1. The number of nitrogens with zero attached hydrogens (tertiary/aromatic N) is 4. The van der Waals surface area contributed by atoms with Crippen LogP contribution in [0.15, 0.2) is 103 Å². The van der Waals surface area contributed by atoms with Crippen molar-refractivity contribution in [2.45, 2.75) is 37.9 Å². The maximum absolute atomic E-state index is 12.0. The van der Waals surface area contributed by atoms with Gasteiger partial charge in [-0.25, -0.2) is 9.67 Å². The molecule has 0 spiro atoms. The Kier molecular flexibility index (Phi) is 7.32. The van der Waals surface area contributed by atoms with E-state index in [1.54, 1.807) is 6.20 Å². The number of cyclic esters (lactones) is 1. The minimum absolute atomic E-state index is 0.0476. The van der Waals surface area contributed by atoms with E-state index < -0.39 is 6.10 Å². The summed E-state index contributed by atoms with van der Waals surface area (Å²) in [6.45, 7) is 0. The minimum atomic E-state index is -0.673. The highest BCUT2D eigenvalue weighted by Gasteiger charge is 2.29. The maximum Gasteiger partial charge on any atom is 0.308 e. The Hall–Kier alpha value is -4.82. The molecule has 2 aromatic heterocycles. The van der Waals surface area contributed by atoms with Crippen LogP contribution >= 0.6 is 0 Å². The van der Waals surface area contributed by atoms with Gasteiger partial charge in [0, 0.05) is 41.1 Å². The average Bonchev–Trinajstić information content (AvgIpc) is 3.37. The number of benzene rings is 3. The fraction of sp³-hybridized carbons (Fsp3) is 0.188. The van der Waals surface area contributed by atoms with Crippen LogP contribution in [0.3, 0.4) is 0 Å². The van der Waals surface area contributed by atoms with Crippen molar-refractivity contribution in [3.63, 3.8) is 0 Å². The molecule has 8 nitrogen and oxygen atoms in total. The number of carbonyl (C=O) groups is 1. The van der Waals surface area contributed by atoms with Gasteiger partial charge in [0.05, 0.1) is 23.9 Å². The predicted molar refractivity (Wildman–Crippen MR) is 153 cm³/mol. The van der Waals surface area contributed by atoms with Gasteiger partial charge in [0.15, 0.2) is 5.82 Å². The van der Waals surface area contributed by atoms with Gasteiger partial charge in [0.2, 0.25) is 5.95 Å². The van der Waals surface area contributed by atoms with Crippen molar-refractivity contribution in [2.24, 2.45) is 0 Å².